The van der Waals surface area contributed by atoms with Gasteiger partial charge in [0.05, 0.1) is 0 Å². The van der Waals surface area contributed by atoms with Gasteiger partial charge in [-0.1, -0.05) is 13.8 Å². The molecule has 0 atom stereocenters. The Kier molecular flexibility index (Phi) is 4.47. The summed E-state index contributed by atoms with van der Waals surface area (Å²) in [5.41, 5.74) is 2.40. The molecule has 0 aliphatic rings. The van der Waals surface area contributed by atoms with Crippen LogP contribution in [0.5, 0.6) is 0 Å². The highest BCUT2D eigenvalue weighted by atomic mass is 15.1. The first kappa shape index (κ1) is 12.8. The van der Waals surface area contributed by atoms with Crippen molar-refractivity contribution in [2.24, 2.45) is 0 Å². The molecular formula is C14H20N4. The molecule has 0 aliphatic carbocycles. The lowest BCUT2D eigenvalue weighted by Gasteiger charge is -2.09. The zero-order valence-electron chi connectivity index (χ0n) is 11.1. The van der Waals surface area contributed by atoms with Gasteiger partial charge in [-0.25, -0.2) is 9.97 Å². The van der Waals surface area contributed by atoms with Gasteiger partial charge in [0.25, 0.3) is 0 Å². The van der Waals surface area contributed by atoms with Crippen LogP contribution in [-0.4, -0.2) is 21.1 Å². The topological polar surface area (TPSA) is 42.7 Å². The molecule has 4 heteroatoms. The Hall–Kier alpha value is -1.68. The van der Waals surface area contributed by atoms with Crippen molar-refractivity contribution in [3.8, 4) is 5.82 Å². The monoisotopic (exact) mass is 244 g/mol. The van der Waals surface area contributed by atoms with Crippen molar-refractivity contribution < 1.29 is 0 Å². The maximum atomic E-state index is 4.62. The van der Waals surface area contributed by atoms with E-state index in [0.29, 0.717) is 0 Å². The van der Waals surface area contributed by atoms with Crippen LogP contribution in [0.3, 0.4) is 0 Å². The number of imidazole rings is 1. The van der Waals surface area contributed by atoms with Crippen LogP contribution in [0, 0.1) is 0 Å². The van der Waals surface area contributed by atoms with E-state index in [1.807, 2.05) is 10.8 Å². The van der Waals surface area contributed by atoms with E-state index < -0.39 is 0 Å². The first-order chi connectivity index (χ1) is 8.83. The predicted molar refractivity (Wildman–Crippen MR) is 72.7 cm³/mol. The van der Waals surface area contributed by atoms with Crippen LogP contribution in [0.4, 0.5) is 0 Å². The average Bonchev–Trinajstić information content (AvgIpc) is 2.92. The molecule has 2 heterocycles. The molecule has 18 heavy (non-hydrogen) atoms. The van der Waals surface area contributed by atoms with Crippen molar-refractivity contribution in [1.29, 1.82) is 0 Å². The minimum atomic E-state index is 0.894. The third-order valence-corrected chi connectivity index (χ3v) is 2.81. The molecule has 0 saturated heterocycles. The minimum absolute atomic E-state index is 0.894. The van der Waals surface area contributed by atoms with E-state index in [4.69, 9.17) is 0 Å². The molecule has 2 aromatic heterocycles. The highest BCUT2D eigenvalue weighted by Gasteiger charge is 2.03. The van der Waals surface area contributed by atoms with Crippen LogP contribution in [0.1, 0.15) is 31.5 Å². The standard InChI is InChI=1S/C14H20N4/c1-3-5-15-10-12-8-13(4-2)17-14(9-12)18-7-6-16-11-18/h6-9,11,15H,3-5,10H2,1-2H3. The second kappa shape index (κ2) is 6.31. The van der Waals surface area contributed by atoms with Crippen molar-refractivity contribution in [2.75, 3.05) is 6.54 Å². The number of pyridine rings is 1. The lowest BCUT2D eigenvalue weighted by Crippen LogP contribution is -2.14. The fraction of sp³-hybridized carbons (Fsp3) is 0.429. The van der Waals surface area contributed by atoms with Gasteiger partial charge < -0.3 is 5.32 Å². The molecule has 96 valence electrons. The van der Waals surface area contributed by atoms with E-state index in [0.717, 1.165) is 37.4 Å². The predicted octanol–water partition coefficient (Wildman–Crippen LogP) is 2.33. The summed E-state index contributed by atoms with van der Waals surface area (Å²) in [6, 6.07) is 4.28. The molecule has 2 aromatic rings. The molecule has 1 N–H and O–H groups in total. The second-order valence-electron chi connectivity index (χ2n) is 4.33. The maximum absolute atomic E-state index is 4.62. The van der Waals surface area contributed by atoms with E-state index in [-0.39, 0.29) is 0 Å². The molecule has 0 radical (unpaired) electrons. The van der Waals surface area contributed by atoms with Gasteiger partial charge in [0.15, 0.2) is 0 Å². The maximum Gasteiger partial charge on any atom is 0.138 e. The molecule has 0 fully saturated rings. The molecule has 0 spiro atoms. The van der Waals surface area contributed by atoms with Gasteiger partial charge in [0.1, 0.15) is 12.1 Å². The summed E-state index contributed by atoms with van der Waals surface area (Å²) in [6.07, 6.45) is 7.58. The number of hydrogen-bond donors (Lipinski definition) is 1. The number of nitrogens with zero attached hydrogens (tertiary/aromatic N) is 3. The van der Waals surface area contributed by atoms with Crippen molar-refractivity contribution in [1.82, 2.24) is 19.9 Å². The molecule has 0 bridgehead atoms. The van der Waals surface area contributed by atoms with Crippen LogP contribution in [0.15, 0.2) is 30.9 Å². The molecule has 0 aromatic carbocycles. The lowest BCUT2D eigenvalue weighted by atomic mass is 10.2. The first-order valence-corrected chi connectivity index (χ1v) is 6.52. The molecule has 0 amide bonds. The summed E-state index contributed by atoms with van der Waals surface area (Å²) >= 11 is 0. The van der Waals surface area contributed by atoms with E-state index >= 15 is 0 Å². The minimum Gasteiger partial charge on any atom is -0.313 e. The van der Waals surface area contributed by atoms with Crippen LogP contribution < -0.4 is 5.32 Å². The summed E-state index contributed by atoms with van der Waals surface area (Å²) < 4.78 is 1.95. The van der Waals surface area contributed by atoms with Crippen LogP contribution in [0.2, 0.25) is 0 Å². The van der Waals surface area contributed by atoms with Crippen molar-refractivity contribution in [2.45, 2.75) is 33.2 Å². The van der Waals surface area contributed by atoms with Crippen molar-refractivity contribution in [3.63, 3.8) is 0 Å². The summed E-state index contributed by atoms with van der Waals surface area (Å²) in [7, 11) is 0. The van der Waals surface area contributed by atoms with Gasteiger partial charge in [-0.3, -0.25) is 4.57 Å². The Labute approximate surface area is 108 Å². The number of aromatic nitrogens is 3. The van der Waals surface area contributed by atoms with E-state index in [9.17, 15) is 0 Å². The fourth-order valence-electron chi connectivity index (χ4n) is 1.85. The summed E-state index contributed by atoms with van der Waals surface area (Å²) in [4.78, 5) is 8.68. The second-order valence-corrected chi connectivity index (χ2v) is 4.33. The Balaban J connectivity index is 2.22. The largest absolute Gasteiger partial charge is 0.313 e. The highest BCUT2D eigenvalue weighted by Crippen LogP contribution is 2.11. The van der Waals surface area contributed by atoms with Crippen molar-refractivity contribution >= 4 is 0 Å². The SMILES string of the molecule is CCCNCc1cc(CC)nc(-n2ccnc2)c1. The summed E-state index contributed by atoms with van der Waals surface area (Å²) in [5, 5.41) is 3.42. The van der Waals surface area contributed by atoms with Crippen LogP contribution in [-0.2, 0) is 13.0 Å². The third kappa shape index (κ3) is 3.17. The zero-order valence-corrected chi connectivity index (χ0v) is 11.1. The molecule has 4 nitrogen and oxygen atoms in total. The summed E-state index contributed by atoms with van der Waals surface area (Å²) in [5.74, 6) is 0.945. The average molecular weight is 244 g/mol. The van der Waals surface area contributed by atoms with Gasteiger partial charge in [-0.15, -0.1) is 0 Å². The van der Waals surface area contributed by atoms with Crippen LogP contribution >= 0.6 is 0 Å². The molecule has 0 aliphatic heterocycles. The van der Waals surface area contributed by atoms with Gasteiger partial charge in [-0.2, -0.15) is 0 Å². The molecule has 0 unspecified atom stereocenters. The van der Waals surface area contributed by atoms with Crippen LogP contribution in [0.25, 0.3) is 5.82 Å². The Bertz CT molecular complexity index is 477. The Morgan fingerprint density at radius 1 is 1.28 bits per heavy atom. The molecule has 2 rings (SSSR count). The third-order valence-electron chi connectivity index (χ3n) is 2.81. The lowest BCUT2D eigenvalue weighted by molar-refractivity contribution is 0.673. The Morgan fingerprint density at radius 2 is 2.17 bits per heavy atom. The molecular weight excluding hydrogens is 224 g/mol. The summed E-state index contributed by atoms with van der Waals surface area (Å²) in [6.45, 7) is 6.24. The first-order valence-electron chi connectivity index (χ1n) is 6.52. The number of hydrogen-bond acceptors (Lipinski definition) is 3. The number of rotatable bonds is 6. The number of nitrogens with one attached hydrogen (secondary N) is 1. The quantitative estimate of drug-likeness (QED) is 0.793. The highest BCUT2D eigenvalue weighted by molar-refractivity contribution is 5.31. The van der Waals surface area contributed by atoms with E-state index in [1.165, 1.54) is 5.56 Å². The Morgan fingerprint density at radius 3 is 2.83 bits per heavy atom. The number of aryl methyl sites for hydroxylation is 1. The van der Waals surface area contributed by atoms with Gasteiger partial charge in [-0.05, 0) is 37.1 Å². The van der Waals surface area contributed by atoms with Gasteiger partial charge in [0.2, 0.25) is 0 Å². The van der Waals surface area contributed by atoms with E-state index in [2.05, 4.69) is 41.3 Å². The molecule has 0 saturated carbocycles. The van der Waals surface area contributed by atoms with Crippen molar-refractivity contribution in [3.05, 3.63) is 42.1 Å². The van der Waals surface area contributed by atoms with E-state index in [1.54, 1.807) is 12.5 Å². The smallest absolute Gasteiger partial charge is 0.138 e. The fourth-order valence-corrected chi connectivity index (χ4v) is 1.85. The van der Waals surface area contributed by atoms with Gasteiger partial charge in [0, 0.05) is 24.6 Å². The zero-order chi connectivity index (χ0) is 12.8. The van der Waals surface area contributed by atoms with Gasteiger partial charge >= 0.3 is 0 Å². The normalized spacial score (nSPS) is 10.8.